The number of rotatable bonds is 2. The van der Waals surface area contributed by atoms with Crippen LogP contribution in [0, 0.1) is 0 Å². The number of hydrogen-bond acceptors (Lipinski definition) is 4. The first-order valence-electron chi connectivity index (χ1n) is 6.32. The Morgan fingerprint density at radius 2 is 1.95 bits per heavy atom. The fraction of sp³-hybridized carbons (Fsp3) is 0.692. The lowest BCUT2D eigenvalue weighted by molar-refractivity contribution is -0.271. The summed E-state index contributed by atoms with van der Waals surface area (Å²) >= 11 is 0. The van der Waals surface area contributed by atoms with E-state index in [2.05, 4.69) is 14.7 Å². The van der Waals surface area contributed by atoms with Crippen molar-refractivity contribution in [1.82, 2.24) is 14.9 Å². The molecule has 0 amide bonds. The molecule has 4 nitrogen and oxygen atoms in total. The molecule has 2 heterocycles. The van der Waals surface area contributed by atoms with Gasteiger partial charge in [-0.2, -0.15) is 8.78 Å². The van der Waals surface area contributed by atoms with Crippen molar-refractivity contribution in [2.75, 3.05) is 19.7 Å². The predicted octanol–water partition coefficient (Wildman–Crippen LogP) is 2.20. The molecule has 0 unspecified atom stereocenters. The summed E-state index contributed by atoms with van der Waals surface area (Å²) in [6, 6.07) is 0. The molecule has 0 radical (unpaired) electrons. The second-order valence-corrected chi connectivity index (χ2v) is 5.86. The molecule has 0 N–H and O–H groups in total. The Morgan fingerprint density at radius 3 is 2.47 bits per heavy atom. The number of ether oxygens (including phenoxy) is 1. The first-order valence-corrected chi connectivity index (χ1v) is 6.32. The largest absolute Gasteiger partial charge is 0.368 e. The molecular formula is C13H19F2N3O. The Morgan fingerprint density at radius 1 is 1.32 bits per heavy atom. The van der Waals surface area contributed by atoms with Gasteiger partial charge in [-0.05, 0) is 0 Å². The van der Waals surface area contributed by atoms with Crippen molar-refractivity contribution in [3.05, 3.63) is 23.8 Å². The first-order chi connectivity index (χ1) is 8.76. The van der Waals surface area contributed by atoms with E-state index in [1.807, 2.05) is 20.8 Å². The minimum absolute atomic E-state index is 0.0495. The minimum Gasteiger partial charge on any atom is -0.318 e. The van der Waals surface area contributed by atoms with E-state index in [1.54, 1.807) is 17.3 Å². The number of morpholine rings is 1. The molecule has 1 fully saturated rings. The van der Waals surface area contributed by atoms with Crippen LogP contribution in [0.1, 0.15) is 32.2 Å². The van der Waals surface area contributed by atoms with Gasteiger partial charge < -0.3 is 4.74 Å². The van der Waals surface area contributed by atoms with Crippen molar-refractivity contribution in [2.45, 2.75) is 38.8 Å². The average molecular weight is 271 g/mol. The molecule has 0 bridgehead atoms. The Bertz CT molecular complexity index is 429. The predicted molar refractivity (Wildman–Crippen MR) is 66.9 cm³/mol. The summed E-state index contributed by atoms with van der Waals surface area (Å²) in [5.41, 5.74) is 0.732. The molecule has 0 atom stereocenters. The maximum absolute atomic E-state index is 13.1. The lowest BCUT2D eigenvalue weighted by Gasteiger charge is -2.32. The molecule has 1 aliphatic heterocycles. The second kappa shape index (κ2) is 5.09. The fourth-order valence-corrected chi connectivity index (χ4v) is 1.93. The second-order valence-electron chi connectivity index (χ2n) is 5.86. The number of hydrogen-bond donors (Lipinski definition) is 0. The zero-order valence-electron chi connectivity index (χ0n) is 11.5. The first kappa shape index (κ1) is 14.3. The Balaban J connectivity index is 2.00. The van der Waals surface area contributed by atoms with E-state index in [9.17, 15) is 8.78 Å². The summed E-state index contributed by atoms with van der Waals surface area (Å²) in [5.74, 6) is 0.753. The van der Waals surface area contributed by atoms with Gasteiger partial charge in [-0.25, -0.2) is 9.97 Å². The zero-order chi connectivity index (χ0) is 14.1. The van der Waals surface area contributed by atoms with E-state index in [0.717, 1.165) is 11.4 Å². The maximum atomic E-state index is 13.1. The van der Waals surface area contributed by atoms with E-state index in [4.69, 9.17) is 0 Å². The van der Waals surface area contributed by atoms with Gasteiger partial charge in [0.1, 0.15) is 5.82 Å². The van der Waals surface area contributed by atoms with E-state index < -0.39 is 6.11 Å². The Hall–Kier alpha value is -1.14. The third-order valence-electron chi connectivity index (χ3n) is 2.91. The van der Waals surface area contributed by atoms with Crippen molar-refractivity contribution in [2.24, 2.45) is 0 Å². The topological polar surface area (TPSA) is 38.2 Å². The molecule has 0 aliphatic carbocycles. The summed E-state index contributed by atoms with van der Waals surface area (Å²) in [5, 5.41) is 0. The Labute approximate surface area is 111 Å². The Kier molecular flexibility index (Phi) is 3.82. The SMILES string of the molecule is CC(C)(C)c1ncc(CN2CCOC(F)(F)C2)cn1. The molecule has 0 saturated carbocycles. The van der Waals surface area contributed by atoms with Gasteiger partial charge in [-0.1, -0.05) is 20.8 Å². The quantitative estimate of drug-likeness (QED) is 0.826. The molecule has 6 heteroatoms. The lowest BCUT2D eigenvalue weighted by atomic mass is 9.96. The molecule has 0 aromatic carbocycles. The summed E-state index contributed by atoms with van der Waals surface area (Å²) in [7, 11) is 0. The summed E-state index contributed by atoms with van der Waals surface area (Å²) in [4.78, 5) is 10.2. The van der Waals surface area contributed by atoms with Crippen LogP contribution in [0.3, 0.4) is 0 Å². The highest BCUT2D eigenvalue weighted by atomic mass is 19.3. The molecular weight excluding hydrogens is 252 g/mol. The van der Waals surface area contributed by atoms with Crippen molar-refractivity contribution in [1.29, 1.82) is 0 Å². The monoisotopic (exact) mass is 271 g/mol. The third-order valence-corrected chi connectivity index (χ3v) is 2.91. The summed E-state index contributed by atoms with van der Waals surface area (Å²) in [6.45, 7) is 6.68. The van der Waals surface area contributed by atoms with E-state index in [-0.39, 0.29) is 18.6 Å². The van der Waals surface area contributed by atoms with E-state index in [0.29, 0.717) is 13.1 Å². The smallest absolute Gasteiger partial charge is 0.318 e. The van der Waals surface area contributed by atoms with E-state index >= 15 is 0 Å². The third kappa shape index (κ3) is 3.91. The normalized spacial score (nSPS) is 20.5. The number of nitrogens with zero attached hydrogens (tertiary/aromatic N) is 3. The van der Waals surface area contributed by atoms with Crippen molar-refractivity contribution in [3.63, 3.8) is 0 Å². The average Bonchev–Trinajstić information content (AvgIpc) is 2.27. The van der Waals surface area contributed by atoms with Crippen LogP contribution in [0.2, 0.25) is 0 Å². The van der Waals surface area contributed by atoms with Gasteiger partial charge >= 0.3 is 6.11 Å². The van der Waals surface area contributed by atoms with Crippen LogP contribution in [-0.4, -0.2) is 40.7 Å². The summed E-state index contributed by atoms with van der Waals surface area (Å²) < 4.78 is 30.6. The standard InChI is InChI=1S/C13H19F2N3O/c1-12(2,3)11-16-6-10(7-17-11)8-18-4-5-19-13(14,15)9-18/h6-7H,4-5,8-9H2,1-3H3. The van der Waals surface area contributed by atoms with Gasteiger partial charge in [0.15, 0.2) is 0 Å². The van der Waals surface area contributed by atoms with Gasteiger partial charge in [0, 0.05) is 36.5 Å². The van der Waals surface area contributed by atoms with Gasteiger partial charge in [-0.3, -0.25) is 4.90 Å². The molecule has 0 spiro atoms. The van der Waals surface area contributed by atoms with Crippen LogP contribution in [-0.2, 0) is 16.7 Å². The van der Waals surface area contributed by atoms with Crippen LogP contribution in [0.15, 0.2) is 12.4 Å². The number of alkyl halides is 2. The molecule has 2 rings (SSSR count). The lowest BCUT2D eigenvalue weighted by Crippen LogP contribution is -2.46. The van der Waals surface area contributed by atoms with Crippen LogP contribution >= 0.6 is 0 Å². The number of halogens is 2. The van der Waals surface area contributed by atoms with Crippen molar-refractivity contribution in [3.8, 4) is 0 Å². The molecule has 1 aliphatic rings. The van der Waals surface area contributed by atoms with Crippen molar-refractivity contribution < 1.29 is 13.5 Å². The van der Waals surface area contributed by atoms with Crippen molar-refractivity contribution >= 4 is 0 Å². The number of aromatic nitrogens is 2. The van der Waals surface area contributed by atoms with Crippen LogP contribution in [0.4, 0.5) is 8.78 Å². The van der Waals surface area contributed by atoms with Crippen LogP contribution in [0.5, 0.6) is 0 Å². The minimum atomic E-state index is -3.05. The van der Waals surface area contributed by atoms with Crippen LogP contribution < -0.4 is 0 Å². The van der Waals surface area contributed by atoms with Gasteiger partial charge in [-0.15, -0.1) is 0 Å². The highest BCUT2D eigenvalue weighted by Gasteiger charge is 2.36. The van der Waals surface area contributed by atoms with Gasteiger partial charge in [0.2, 0.25) is 0 Å². The summed E-state index contributed by atoms with van der Waals surface area (Å²) in [6.07, 6.45) is 0.368. The fourth-order valence-electron chi connectivity index (χ4n) is 1.93. The zero-order valence-corrected chi connectivity index (χ0v) is 11.5. The van der Waals surface area contributed by atoms with Gasteiger partial charge in [0.25, 0.3) is 0 Å². The molecule has 1 aromatic heterocycles. The van der Waals surface area contributed by atoms with Gasteiger partial charge in [0.05, 0.1) is 13.2 Å². The highest BCUT2D eigenvalue weighted by Crippen LogP contribution is 2.22. The molecule has 19 heavy (non-hydrogen) atoms. The van der Waals surface area contributed by atoms with Crippen LogP contribution in [0.25, 0.3) is 0 Å². The molecule has 1 aromatic rings. The highest BCUT2D eigenvalue weighted by molar-refractivity contribution is 5.09. The molecule has 106 valence electrons. The molecule has 1 saturated heterocycles. The maximum Gasteiger partial charge on any atom is 0.368 e. The van der Waals surface area contributed by atoms with E-state index in [1.165, 1.54) is 0 Å².